The zero-order valence-electron chi connectivity index (χ0n) is 12.6. The molecule has 1 aromatic heterocycles. The van der Waals surface area contributed by atoms with Gasteiger partial charge in [0.25, 0.3) is 0 Å². The van der Waals surface area contributed by atoms with E-state index in [0.717, 1.165) is 25.7 Å². The van der Waals surface area contributed by atoms with Crippen LogP contribution < -0.4 is 10.1 Å². The van der Waals surface area contributed by atoms with Crippen molar-refractivity contribution >= 4 is 17.5 Å². The number of carbonyl (C=O) groups excluding carboxylic acids is 1. The Morgan fingerprint density at radius 2 is 2.10 bits per heavy atom. The average molecular weight is 311 g/mol. The summed E-state index contributed by atoms with van der Waals surface area (Å²) >= 11 is 5.80. The van der Waals surface area contributed by atoms with Gasteiger partial charge in [-0.05, 0) is 37.7 Å². The second-order valence-electron chi connectivity index (χ2n) is 6.07. The Morgan fingerprint density at radius 1 is 1.38 bits per heavy atom. The lowest BCUT2D eigenvalue weighted by Gasteiger charge is -2.29. The Kier molecular flexibility index (Phi) is 5.85. The molecular formula is C16H23ClN2O2. The lowest BCUT2D eigenvalue weighted by atomic mass is 9.92. The first-order valence-corrected chi connectivity index (χ1v) is 7.98. The summed E-state index contributed by atoms with van der Waals surface area (Å²) in [5, 5.41) is 3.72. The predicted octanol–water partition coefficient (Wildman–Crippen LogP) is 3.59. The van der Waals surface area contributed by atoms with E-state index in [9.17, 15) is 4.79 Å². The molecule has 1 saturated carbocycles. The summed E-state index contributed by atoms with van der Waals surface area (Å²) in [6.45, 7) is 4.12. The summed E-state index contributed by atoms with van der Waals surface area (Å²) in [6, 6.07) is 3.86. The zero-order chi connectivity index (χ0) is 15.2. The van der Waals surface area contributed by atoms with E-state index < -0.39 is 0 Å². The Bertz CT molecular complexity index is 454. The van der Waals surface area contributed by atoms with Crippen LogP contribution in [0.25, 0.3) is 0 Å². The minimum Gasteiger partial charge on any atom is -0.474 e. The number of ether oxygens (including phenoxy) is 1. The summed E-state index contributed by atoms with van der Waals surface area (Å²) in [5.41, 5.74) is 0. The van der Waals surface area contributed by atoms with Crippen LogP contribution in [0.2, 0.25) is 5.02 Å². The van der Waals surface area contributed by atoms with E-state index in [-0.39, 0.29) is 18.1 Å². The molecule has 1 fully saturated rings. The van der Waals surface area contributed by atoms with Gasteiger partial charge in [0.2, 0.25) is 11.8 Å². The molecule has 116 valence electrons. The maximum absolute atomic E-state index is 11.8. The van der Waals surface area contributed by atoms with Crippen molar-refractivity contribution in [2.45, 2.75) is 58.1 Å². The van der Waals surface area contributed by atoms with Crippen LogP contribution in [0.15, 0.2) is 18.3 Å². The van der Waals surface area contributed by atoms with E-state index in [2.05, 4.69) is 24.1 Å². The van der Waals surface area contributed by atoms with Crippen LogP contribution in [0.5, 0.6) is 5.88 Å². The fourth-order valence-electron chi connectivity index (χ4n) is 2.59. The molecule has 2 rings (SSSR count). The Balaban J connectivity index is 1.73. The molecule has 5 heteroatoms. The van der Waals surface area contributed by atoms with E-state index in [1.54, 1.807) is 18.3 Å². The SMILES string of the molecule is CC(C)CC(=O)NC1CCC(Oc2ccc(Cl)cn2)CC1. The fraction of sp³-hybridized carbons (Fsp3) is 0.625. The largest absolute Gasteiger partial charge is 0.474 e. The highest BCUT2D eigenvalue weighted by Crippen LogP contribution is 2.23. The number of amides is 1. The van der Waals surface area contributed by atoms with Gasteiger partial charge in [0.15, 0.2) is 0 Å². The Labute approximate surface area is 131 Å². The standard InChI is InChI=1S/C16H23ClN2O2/c1-11(2)9-15(20)19-13-4-6-14(7-5-13)21-16-8-3-12(17)10-18-16/h3,8,10-11,13-14H,4-7,9H2,1-2H3,(H,19,20). The number of halogens is 1. The first-order valence-electron chi connectivity index (χ1n) is 7.60. The van der Waals surface area contributed by atoms with Crippen LogP contribution in [-0.2, 0) is 4.79 Å². The zero-order valence-corrected chi connectivity index (χ0v) is 13.4. The molecular weight excluding hydrogens is 288 g/mol. The summed E-state index contributed by atoms with van der Waals surface area (Å²) in [7, 11) is 0. The highest BCUT2D eigenvalue weighted by molar-refractivity contribution is 6.30. The number of nitrogens with one attached hydrogen (secondary N) is 1. The molecule has 0 bridgehead atoms. The summed E-state index contributed by atoms with van der Waals surface area (Å²) < 4.78 is 5.85. The smallest absolute Gasteiger partial charge is 0.220 e. The van der Waals surface area contributed by atoms with Crippen molar-refractivity contribution in [2.24, 2.45) is 5.92 Å². The number of hydrogen-bond acceptors (Lipinski definition) is 3. The van der Waals surface area contributed by atoms with E-state index in [1.165, 1.54) is 0 Å². The second-order valence-corrected chi connectivity index (χ2v) is 6.51. The third kappa shape index (κ3) is 5.54. The number of pyridine rings is 1. The van der Waals surface area contributed by atoms with Crippen LogP contribution in [0.1, 0.15) is 46.0 Å². The summed E-state index contributed by atoms with van der Waals surface area (Å²) in [6.07, 6.45) is 6.18. The first kappa shape index (κ1) is 16.1. The van der Waals surface area contributed by atoms with Gasteiger partial charge in [-0.3, -0.25) is 4.79 Å². The van der Waals surface area contributed by atoms with Crippen molar-refractivity contribution in [3.05, 3.63) is 23.4 Å². The lowest BCUT2D eigenvalue weighted by molar-refractivity contribution is -0.122. The Hall–Kier alpha value is -1.29. The number of aromatic nitrogens is 1. The number of carbonyl (C=O) groups is 1. The molecule has 0 unspecified atom stereocenters. The number of rotatable bonds is 5. The summed E-state index contributed by atoms with van der Waals surface area (Å²) in [4.78, 5) is 15.9. The molecule has 1 aliphatic rings. The molecule has 0 aliphatic heterocycles. The molecule has 4 nitrogen and oxygen atoms in total. The molecule has 1 amide bonds. The van der Waals surface area contributed by atoms with Crippen LogP contribution in [0.3, 0.4) is 0 Å². The molecule has 1 heterocycles. The van der Waals surface area contributed by atoms with E-state index in [4.69, 9.17) is 16.3 Å². The van der Waals surface area contributed by atoms with Gasteiger partial charge in [0, 0.05) is 24.7 Å². The molecule has 0 saturated heterocycles. The van der Waals surface area contributed by atoms with Gasteiger partial charge in [-0.2, -0.15) is 0 Å². The molecule has 0 atom stereocenters. The molecule has 0 radical (unpaired) electrons. The molecule has 1 aromatic rings. The van der Waals surface area contributed by atoms with Crippen molar-refractivity contribution in [3.8, 4) is 5.88 Å². The molecule has 21 heavy (non-hydrogen) atoms. The third-order valence-electron chi connectivity index (χ3n) is 3.62. The fourth-order valence-corrected chi connectivity index (χ4v) is 2.70. The highest BCUT2D eigenvalue weighted by atomic mass is 35.5. The molecule has 0 aromatic carbocycles. The van der Waals surface area contributed by atoms with Gasteiger partial charge >= 0.3 is 0 Å². The van der Waals surface area contributed by atoms with E-state index in [0.29, 0.717) is 23.2 Å². The third-order valence-corrected chi connectivity index (χ3v) is 3.84. The average Bonchev–Trinajstić information content (AvgIpc) is 2.42. The van der Waals surface area contributed by atoms with Crippen molar-refractivity contribution in [1.29, 1.82) is 0 Å². The quantitative estimate of drug-likeness (QED) is 0.904. The van der Waals surface area contributed by atoms with Gasteiger partial charge < -0.3 is 10.1 Å². The predicted molar refractivity (Wildman–Crippen MR) is 83.5 cm³/mol. The van der Waals surface area contributed by atoms with Crippen molar-refractivity contribution in [1.82, 2.24) is 10.3 Å². The van der Waals surface area contributed by atoms with E-state index >= 15 is 0 Å². The van der Waals surface area contributed by atoms with E-state index in [1.807, 2.05) is 0 Å². The first-order chi connectivity index (χ1) is 10.0. The van der Waals surface area contributed by atoms with Crippen LogP contribution in [0, 0.1) is 5.92 Å². The minimum absolute atomic E-state index is 0.161. The molecule has 0 spiro atoms. The van der Waals surface area contributed by atoms with Gasteiger partial charge in [0.1, 0.15) is 6.10 Å². The van der Waals surface area contributed by atoms with Crippen LogP contribution in [0.4, 0.5) is 0 Å². The van der Waals surface area contributed by atoms with Crippen molar-refractivity contribution in [2.75, 3.05) is 0 Å². The maximum atomic E-state index is 11.8. The van der Waals surface area contributed by atoms with Crippen molar-refractivity contribution < 1.29 is 9.53 Å². The second kappa shape index (κ2) is 7.64. The van der Waals surface area contributed by atoms with Crippen molar-refractivity contribution in [3.63, 3.8) is 0 Å². The summed E-state index contributed by atoms with van der Waals surface area (Å²) in [5.74, 6) is 1.18. The monoisotopic (exact) mass is 310 g/mol. The van der Waals surface area contributed by atoms with Gasteiger partial charge in [-0.15, -0.1) is 0 Å². The number of nitrogens with zero attached hydrogens (tertiary/aromatic N) is 1. The van der Waals surface area contributed by atoms with Gasteiger partial charge in [-0.1, -0.05) is 25.4 Å². The highest BCUT2D eigenvalue weighted by Gasteiger charge is 2.23. The lowest BCUT2D eigenvalue weighted by Crippen LogP contribution is -2.40. The normalized spacial score (nSPS) is 22.1. The van der Waals surface area contributed by atoms with Gasteiger partial charge in [0.05, 0.1) is 5.02 Å². The van der Waals surface area contributed by atoms with Crippen LogP contribution in [-0.4, -0.2) is 23.0 Å². The molecule has 1 N–H and O–H groups in total. The molecule has 1 aliphatic carbocycles. The topological polar surface area (TPSA) is 51.2 Å². The minimum atomic E-state index is 0.161. The van der Waals surface area contributed by atoms with Crippen LogP contribution >= 0.6 is 11.6 Å². The maximum Gasteiger partial charge on any atom is 0.220 e. The Morgan fingerprint density at radius 3 is 2.67 bits per heavy atom. The number of hydrogen-bond donors (Lipinski definition) is 1. The van der Waals surface area contributed by atoms with Gasteiger partial charge in [-0.25, -0.2) is 4.98 Å².